The van der Waals surface area contributed by atoms with Crippen molar-refractivity contribution in [1.29, 1.82) is 0 Å². The standard InChI is InChI=1S/C23H20N6O3/c1-13-21-18(14-3-7-16(30)8-4-14)11-20(31)26-22(21)29(28-13)23-25-19(12-24-27-23)15-5-9-17(32-2)10-6-15/h3-10,12,18,30H,11H2,1-2H3,(H,26,31)/t18-/m0/s1. The van der Waals surface area contributed by atoms with E-state index in [1.807, 2.05) is 43.3 Å². The lowest BCUT2D eigenvalue weighted by atomic mass is 9.86. The molecule has 1 aliphatic heterocycles. The lowest BCUT2D eigenvalue weighted by Crippen LogP contribution is -2.25. The summed E-state index contributed by atoms with van der Waals surface area (Å²) in [5, 5.41) is 25.4. The number of rotatable bonds is 4. The van der Waals surface area contributed by atoms with Crippen LogP contribution in [0.5, 0.6) is 11.5 Å². The van der Waals surface area contributed by atoms with E-state index in [0.717, 1.165) is 28.1 Å². The zero-order valence-corrected chi connectivity index (χ0v) is 17.5. The molecule has 1 atom stereocenters. The largest absolute Gasteiger partial charge is 0.508 e. The summed E-state index contributed by atoms with van der Waals surface area (Å²) in [6.45, 7) is 1.89. The number of amides is 1. The minimum absolute atomic E-state index is 0.129. The SMILES string of the molecule is COc1ccc(-c2cnnc(-n3nc(C)c4c3NC(=O)C[C@H]4c3ccc(O)cc3)n2)cc1. The van der Waals surface area contributed by atoms with Crippen molar-refractivity contribution < 1.29 is 14.6 Å². The summed E-state index contributed by atoms with van der Waals surface area (Å²) in [7, 11) is 1.61. The molecule has 3 heterocycles. The molecule has 2 aromatic carbocycles. The molecule has 2 aromatic heterocycles. The van der Waals surface area contributed by atoms with Gasteiger partial charge in [-0.3, -0.25) is 4.79 Å². The molecule has 32 heavy (non-hydrogen) atoms. The van der Waals surface area contributed by atoms with Gasteiger partial charge in [0.15, 0.2) is 0 Å². The van der Waals surface area contributed by atoms with Gasteiger partial charge in [-0.15, -0.1) is 5.10 Å². The summed E-state index contributed by atoms with van der Waals surface area (Å²) in [4.78, 5) is 17.2. The molecule has 0 unspecified atom stereocenters. The first-order chi connectivity index (χ1) is 15.5. The summed E-state index contributed by atoms with van der Waals surface area (Å²) < 4.78 is 6.73. The van der Waals surface area contributed by atoms with Gasteiger partial charge in [-0.2, -0.15) is 14.9 Å². The van der Waals surface area contributed by atoms with Gasteiger partial charge in [-0.05, 0) is 48.9 Å². The second kappa shape index (κ2) is 7.77. The second-order valence-corrected chi connectivity index (χ2v) is 7.53. The molecule has 0 saturated carbocycles. The topological polar surface area (TPSA) is 115 Å². The molecule has 5 rings (SSSR count). The molecule has 0 radical (unpaired) electrons. The number of hydrogen-bond donors (Lipinski definition) is 2. The van der Waals surface area contributed by atoms with Crippen molar-refractivity contribution in [2.45, 2.75) is 19.3 Å². The maximum absolute atomic E-state index is 12.5. The number of nitrogens with one attached hydrogen (secondary N) is 1. The monoisotopic (exact) mass is 428 g/mol. The Morgan fingerprint density at radius 3 is 2.59 bits per heavy atom. The number of fused-ring (bicyclic) bond motifs is 1. The van der Waals surface area contributed by atoms with Crippen LogP contribution in [0, 0.1) is 6.92 Å². The number of ether oxygens (including phenoxy) is 1. The average Bonchev–Trinajstić information content (AvgIpc) is 3.15. The van der Waals surface area contributed by atoms with Gasteiger partial charge in [0, 0.05) is 23.5 Å². The molecule has 0 spiro atoms. The number of methoxy groups -OCH3 is 1. The maximum Gasteiger partial charge on any atom is 0.272 e. The Morgan fingerprint density at radius 1 is 1.12 bits per heavy atom. The third kappa shape index (κ3) is 3.43. The summed E-state index contributed by atoms with van der Waals surface area (Å²) in [6, 6.07) is 14.3. The van der Waals surface area contributed by atoms with E-state index in [2.05, 4.69) is 25.6 Å². The molecule has 0 aliphatic carbocycles. The lowest BCUT2D eigenvalue weighted by molar-refractivity contribution is -0.116. The van der Waals surface area contributed by atoms with E-state index in [0.29, 0.717) is 11.5 Å². The van der Waals surface area contributed by atoms with Crippen molar-refractivity contribution in [3.05, 3.63) is 71.5 Å². The molecule has 1 aliphatic rings. The van der Waals surface area contributed by atoms with E-state index in [1.54, 1.807) is 25.4 Å². The van der Waals surface area contributed by atoms with Crippen LogP contribution in [0.15, 0.2) is 54.7 Å². The van der Waals surface area contributed by atoms with Crippen LogP contribution in [0.2, 0.25) is 0 Å². The van der Waals surface area contributed by atoms with E-state index in [-0.39, 0.29) is 29.9 Å². The van der Waals surface area contributed by atoms with E-state index >= 15 is 0 Å². The van der Waals surface area contributed by atoms with Gasteiger partial charge in [-0.25, -0.2) is 4.98 Å². The Hall–Kier alpha value is -4.27. The van der Waals surface area contributed by atoms with Crippen LogP contribution in [0.25, 0.3) is 17.2 Å². The van der Waals surface area contributed by atoms with E-state index in [1.165, 1.54) is 4.68 Å². The van der Waals surface area contributed by atoms with Gasteiger partial charge >= 0.3 is 0 Å². The van der Waals surface area contributed by atoms with Crippen LogP contribution in [-0.2, 0) is 4.79 Å². The fourth-order valence-electron chi connectivity index (χ4n) is 3.97. The van der Waals surface area contributed by atoms with Crippen LogP contribution >= 0.6 is 0 Å². The molecule has 160 valence electrons. The minimum atomic E-state index is -0.189. The first-order valence-corrected chi connectivity index (χ1v) is 10.1. The van der Waals surface area contributed by atoms with Crippen LogP contribution in [0.4, 0.5) is 5.82 Å². The number of aromatic nitrogens is 5. The van der Waals surface area contributed by atoms with E-state index in [4.69, 9.17) is 4.74 Å². The Kier molecular flexibility index (Phi) is 4.78. The molecular weight excluding hydrogens is 408 g/mol. The molecule has 9 heteroatoms. The number of aromatic hydroxyl groups is 1. The molecule has 1 amide bonds. The predicted octanol–water partition coefficient (Wildman–Crippen LogP) is 3.22. The van der Waals surface area contributed by atoms with Gasteiger partial charge in [0.25, 0.3) is 5.95 Å². The van der Waals surface area contributed by atoms with Gasteiger partial charge in [0.05, 0.1) is 24.7 Å². The smallest absolute Gasteiger partial charge is 0.272 e. The fourth-order valence-corrected chi connectivity index (χ4v) is 3.97. The zero-order chi connectivity index (χ0) is 22.2. The normalized spacial score (nSPS) is 15.2. The summed E-state index contributed by atoms with van der Waals surface area (Å²) >= 11 is 0. The molecule has 9 nitrogen and oxygen atoms in total. The number of benzene rings is 2. The van der Waals surface area contributed by atoms with Gasteiger partial charge in [0.2, 0.25) is 5.91 Å². The summed E-state index contributed by atoms with van der Waals surface area (Å²) in [5.74, 6) is 1.40. The Labute approximate surface area is 183 Å². The quantitative estimate of drug-likeness (QED) is 0.513. The van der Waals surface area contributed by atoms with Gasteiger partial charge in [-0.1, -0.05) is 12.1 Å². The first kappa shape index (κ1) is 19.7. The highest BCUT2D eigenvalue weighted by Gasteiger charge is 2.33. The molecule has 0 bridgehead atoms. The van der Waals surface area contributed by atoms with Crippen molar-refractivity contribution in [3.8, 4) is 28.7 Å². The Bertz CT molecular complexity index is 1300. The average molecular weight is 428 g/mol. The summed E-state index contributed by atoms with van der Waals surface area (Å²) in [6.07, 6.45) is 1.86. The van der Waals surface area contributed by atoms with Crippen molar-refractivity contribution >= 4 is 11.7 Å². The molecule has 2 N–H and O–H groups in total. The minimum Gasteiger partial charge on any atom is -0.508 e. The predicted molar refractivity (Wildman–Crippen MR) is 117 cm³/mol. The number of carbonyl (C=O) groups is 1. The van der Waals surface area contributed by atoms with Crippen LogP contribution in [0.1, 0.15) is 29.2 Å². The zero-order valence-electron chi connectivity index (χ0n) is 17.5. The number of carbonyl (C=O) groups excluding carboxylic acids is 1. The van der Waals surface area contributed by atoms with Crippen LogP contribution in [-0.4, -0.2) is 43.1 Å². The van der Waals surface area contributed by atoms with Gasteiger partial charge in [0.1, 0.15) is 17.3 Å². The van der Waals surface area contributed by atoms with Crippen molar-refractivity contribution in [2.75, 3.05) is 12.4 Å². The highest BCUT2D eigenvalue weighted by atomic mass is 16.5. The van der Waals surface area contributed by atoms with Crippen molar-refractivity contribution in [1.82, 2.24) is 25.0 Å². The third-order valence-electron chi connectivity index (χ3n) is 5.52. The number of phenols is 1. The first-order valence-electron chi connectivity index (χ1n) is 10.1. The van der Waals surface area contributed by atoms with Crippen LogP contribution in [0.3, 0.4) is 0 Å². The third-order valence-corrected chi connectivity index (χ3v) is 5.52. The van der Waals surface area contributed by atoms with E-state index in [9.17, 15) is 9.90 Å². The van der Waals surface area contributed by atoms with Crippen LogP contribution < -0.4 is 10.1 Å². The number of aryl methyl sites for hydroxylation is 1. The Balaban J connectivity index is 1.58. The van der Waals surface area contributed by atoms with Crippen molar-refractivity contribution in [3.63, 3.8) is 0 Å². The molecule has 0 fully saturated rings. The van der Waals surface area contributed by atoms with Gasteiger partial charge < -0.3 is 15.2 Å². The molecule has 0 saturated heterocycles. The number of nitrogens with zero attached hydrogens (tertiary/aromatic N) is 5. The molecular formula is C23H20N6O3. The van der Waals surface area contributed by atoms with E-state index < -0.39 is 0 Å². The molecule has 4 aromatic rings. The highest BCUT2D eigenvalue weighted by molar-refractivity contribution is 5.95. The number of phenolic OH excluding ortho intramolecular Hbond substituents is 1. The fraction of sp³-hybridized carbons (Fsp3) is 0.174. The maximum atomic E-state index is 12.5. The Morgan fingerprint density at radius 2 is 1.88 bits per heavy atom. The second-order valence-electron chi connectivity index (χ2n) is 7.53. The van der Waals surface area contributed by atoms with Crippen molar-refractivity contribution in [2.24, 2.45) is 0 Å². The summed E-state index contributed by atoms with van der Waals surface area (Å²) in [5.41, 5.74) is 4.06. The number of anilines is 1. The highest BCUT2D eigenvalue weighted by Crippen LogP contribution is 2.40. The lowest BCUT2D eigenvalue weighted by Gasteiger charge is -2.24. The number of hydrogen-bond acceptors (Lipinski definition) is 7.